The van der Waals surface area contributed by atoms with Gasteiger partial charge in [-0.1, -0.05) is 60.7 Å². The monoisotopic (exact) mass is 424 g/mol. The number of aromatic nitrogens is 2. The van der Waals surface area contributed by atoms with Gasteiger partial charge in [0, 0.05) is 12.4 Å². The molecule has 0 saturated carbocycles. The summed E-state index contributed by atoms with van der Waals surface area (Å²) in [6.07, 6.45) is 3.50. The van der Waals surface area contributed by atoms with Gasteiger partial charge in [-0.2, -0.15) is 0 Å². The van der Waals surface area contributed by atoms with Gasteiger partial charge in [-0.05, 0) is 18.1 Å². The van der Waals surface area contributed by atoms with Crippen LogP contribution in [-0.2, 0) is 11.3 Å². The van der Waals surface area contributed by atoms with Crippen LogP contribution in [0.5, 0.6) is 0 Å². The SMILES string of the molecule is CCOC(=O)c1ncc(-c2ccccc2)s1.OCc1ncc(-c2ccccc2)s1. The molecule has 2 heterocycles. The van der Waals surface area contributed by atoms with Crippen LogP contribution in [0.4, 0.5) is 0 Å². The number of thiazole rings is 2. The number of hydrogen-bond acceptors (Lipinski definition) is 7. The molecule has 4 aromatic rings. The average molecular weight is 425 g/mol. The zero-order chi connectivity index (χ0) is 20.5. The Labute approximate surface area is 177 Å². The summed E-state index contributed by atoms with van der Waals surface area (Å²) in [5.41, 5.74) is 2.22. The number of carbonyl (C=O) groups is 1. The van der Waals surface area contributed by atoms with Crippen molar-refractivity contribution in [3.8, 4) is 20.9 Å². The van der Waals surface area contributed by atoms with E-state index < -0.39 is 0 Å². The molecule has 0 aliphatic rings. The minimum Gasteiger partial charge on any atom is -0.461 e. The molecule has 4 rings (SSSR count). The van der Waals surface area contributed by atoms with Gasteiger partial charge < -0.3 is 9.84 Å². The molecule has 0 amide bonds. The summed E-state index contributed by atoms with van der Waals surface area (Å²) in [5, 5.41) is 10.0. The predicted molar refractivity (Wildman–Crippen MR) is 117 cm³/mol. The first-order chi connectivity index (χ1) is 14.2. The smallest absolute Gasteiger partial charge is 0.367 e. The molecule has 0 fully saturated rings. The third-order valence-electron chi connectivity index (χ3n) is 3.76. The molecule has 0 bridgehead atoms. The predicted octanol–water partition coefficient (Wildman–Crippen LogP) is 5.29. The summed E-state index contributed by atoms with van der Waals surface area (Å²) in [6.45, 7) is 2.18. The lowest BCUT2D eigenvalue weighted by atomic mass is 10.2. The minimum absolute atomic E-state index is 0.0253. The summed E-state index contributed by atoms with van der Waals surface area (Å²) >= 11 is 2.87. The maximum absolute atomic E-state index is 11.4. The molecule has 0 unspecified atom stereocenters. The van der Waals surface area contributed by atoms with Crippen molar-refractivity contribution >= 4 is 28.6 Å². The second kappa shape index (κ2) is 10.6. The summed E-state index contributed by atoms with van der Waals surface area (Å²) in [4.78, 5) is 21.6. The molecule has 1 N–H and O–H groups in total. The fourth-order valence-corrected chi connectivity index (χ4v) is 4.01. The maximum Gasteiger partial charge on any atom is 0.367 e. The third kappa shape index (κ3) is 5.80. The number of benzene rings is 2. The molecule has 0 saturated heterocycles. The van der Waals surface area contributed by atoms with Gasteiger partial charge in [0.25, 0.3) is 0 Å². The van der Waals surface area contributed by atoms with E-state index in [0.29, 0.717) is 11.6 Å². The van der Waals surface area contributed by atoms with E-state index in [1.165, 1.54) is 22.7 Å². The third-order valence-corrected chi connectivity index (χ3v) is 5.82. The van der Waals surface area contributed by atoms with Crippen LogP contribution in [0.3, 0.4) is 0 Å². The van der Waals surface area contributed by atoms with E-state index in [2.05, 4.69) is 9.97 Å². The quantitative estimate of drug-likeness (QED) is 0.441. The first kappa shape index (κ1) is 20.9. The fourth-order valence-electron chi connectivity index (χ4n) is 2.42. The molecule has 2 aromatic heterocycles. The lowest BCUT2D eigenvalue weighted by Gasteiger charge is -1.96. The Morgan fingerprint density at radius 1 is 0.897 bits per heavy atom. The molecule has 5 nitrogen and oxygen atoms in total. The van der Waals surface area contributed by atoms with Crippen molar-refractivity contribution in [2.75, 3.05) is 6.61 Å². The first-order valence-corrected chi connectivity index (χ1v) is 10.6. The first-order valence-electron chi connectivity index (χ1n) is 9.00. The molecule has 148 valence electrons. The second-order valence-electron chi connectivity index (χ2n) is 5.76. The topological polar surface area (TPSA) is 72.3 Å². The van der Waals surface area contributed by atoms with E-state index in [9.17, 15) is 4.79 Å². The maximum atomic E-state index is 11.4. The largest absolute Gasteiger partial charge is 0.461 e. The van der Waals surface area contributed by atoms with E-state index in [1.54, 1.807) is 19.3 Å². The van der Waals surface area contributed by atoms with Crippen molar-refractivity contribution < 1.29 is 14.6 Å². The Kier molecular flexibility index (Phi) is 7.63. The number of nitrogens with zero attached hydrogens (tertiary/aromatic N) is 2. The van der Waals surface area contributed by atoms with Crippen LogP contribution in [0.15, 0.2) is 73.1 Å². The molecular formula is C22H20N2O3S2. The van der Waals surface area contributed by atoms with Crippen molar-refractivity contribution in [2.45, 2.75) is 13.5 Å². The van der Waals surface area contributed by atoms with Crippen molar-refractivity contribution in [1.82, 2.24) is 9.97 Å². The van der Waals surface area contributed by atoms with E-state index in [1.807, 2.05) is 60.7 Å². The highest BCUT2D eigenvalue weighted by molar-refractivity contribution is 7.16. The highest BCUT2D eigenvalue weighted by atomic mass is 32.1. The zero-order valence-electron chi connectivity index (χ0n) is 15.8. The van der Waals surface area contributed by atoms with Gasteiger partial charge in [-0.15, -0.1) is 22.7 Å². The molecule has 2 aromatic carbocycles. The van der Waals surface area contributed by atoms with Gasteiger partial charge in [-0.25, -0.2) is 14.8 Å². The Balaban J connectivity index is 0.000000169. The van der Waals surface area contributed by atoms with E-state index in [0.717, 1.165) is 25.9 Å². The van der Waals surface area contributed by atoms with Crippen LogP contribution in [0, 0.1) is 0 Å². The highest BCUT2D eigenvalue weighted by Gasteiger charge is 2.12. The highest BCUT2D eigenvalue weighted by Crippen LogP contribution is 2.26. The molecule has 0 radical (unpaired) electrons. The van der Waals surface area contributed by atoms with Crippen molar-refractivity contribution in [1.29, 1.82) is 0 Å². The van der Waals surface area contributed by atoms with E-state index >= 15 is 0 Å². The van der Waals surface area contributed by atoms with Crippen LogP contribution in [0.1, 0.15) is 21.7 Å². The summed E-state index contributed by atoms with van der Waals surface area (Å²) < 4.78 is 4.89. The Morgan fingerprint density at radius 3 is 1.97 bits per heavy atom. The summed E-state index contributed by atoms with van der Waals surface area (Å²) in [5.74, 6) is -0.352. The number of rotatable bonds is 5. The van der Waals surface area contributed by atoms with Gasteiger partial charge in [-0.3, -0.25) is 0 Å². The van der Waals surface area contributed by atoms with Gasteiger partial charge in [0.1, 0.15) is 5.01 Å². The Hall–Kier alpha value is -2.87. The van der Waals surface area contributed by atoms with Gasteiger partial charge in [0.05, 0.1) is 23.0 Å². The van der Waals surface area contributed by atoms with Crippen LogP contribution in [0.25, 0.3) is 20.9 Å². The lowest BCUT2D eigenvalue weighted by Crippen LogP contribution is -2.03. The lowest BCUT2D eigenvalue weighted by molar-refractivity contribution is 0.0526. The Morgan fingerprint density at radius 2 is 1.45 bits per heavy atom. The van der Waals surface area contributed by atoms with Gasteiger partial charge in [0.2, 0.25) is 5.01 Å². The standard InChI is InChI=1S/C12H11NO2S.C10H9NOS/c1-2-15-12(14)11-13-8-10(16-11)9-6-4-3-5-7-9;12-7-10-11-6-9(13-10)8-4-2-1-3-5-8/h3-8H,2H2,1H3;1-6,12H,7H2. The van der Waals surface area contributed by atoms with E-state index in [4.69, 9.17) is 9.84 Å². The molecule has 0 aliphatic heterocycles. The number of hydrogen-bond donors (Lipinski definition) is 1. The number of esters is 1. The molecule has 7 heteroatoms. The minimum atomic E-state index is -0.352. The van der Waals surface area contributed by atoms with Crippen molar-refractivity contribution in [2.24, 2.45) is 0 Å². The van der Waals surface area contributed by atoms with Crippen LogP contribution >= 0.6 is 22.7 Å². The summed E-state index contributed by atoms with van der Waals surface area (Å²) in [6, 6.07) is 19.9. The molecule has 0 atom stereocenters. The van der Waals surface area contributed by atoms with Gasteiger partial charge in [0.15, 0.2) is 0 Å². The van der Waals surface area contributed by atoms with Crippen molar-refractivity contribution in [3.05, 3.63) is 83.1 Å². The zero-order valence-corrected chi connectivity index (χ0v) is 17.5. The van der Waals surface area contributed by atoms with Gasteiger partial charge >= 0.3 is 5.97 Å². The number of carbonyl (C=O) groups excluding carboxylic acids is 1. The molecular weight excluding hydrogens is 404 g/mol. The molecule has 0 spiro atoms. The second-order valence-corrected chi connectivity index (χ2v) is 7.90. The summed E-state index contributed by atoms with van der Waals surface area (Å²) in [7, 11) is 0. The van der Waals surface area contributed by atoms with Crippen LogP contribution < -0.4 is 0 Å². The van der Waals surface area contributed by atoms with Crippen molar-refractivity contribution in [3.63, 3.8) is 0 Å². The normalized spacial score (nSPS) is 10.1. The van der Waals surface area contributed by atoms with Crippen LogP contribution in [0.2, 0.25) is 0 Å². The van der Waals surface area contributed by atoms with E-state index in [-0.39, 0.29) is 12.6 Å². The number of aliphatic hydroxyl groups is 1. The molecule has 0 aliphatic carbocycles. The number of ether oxygens (including phenoxy) is 1. The fraction of sp³-hybridized carbons (Fsp3) is 0.136. The Bertz CT molecular complexity index is 1030. The molecule has 29 heavy (non-hydrogen) atoms. The average Bonchev–Trinajstić information content (AvgIpc) is 3.46. The van der Waals surface area contributed by atoms with Crippen LogP contribution in [-0.4, -0.2) is 27.7 Å². The number of aliphatic hydroxyl groups excluding tert-OH is 1.